The van der Waals surface area contributed by atoms with Crippen molar-refractivity contribution in [1.82, 2.24) is 14.8 Å². The number of aliphatic carboxylic acids is 1. The molecule has 3 aromatic heterocycles. The van der Waals surface area contributed by atoms with Crippen LogP contribution in [0.1, 0.15) is 22.7 Å². The van der Waals surface area contributed by atoms with Gasteiger partial charge in [-0.1, -0.05) is 24.3 Å². The topological polar surface area (TPSA) is 122 Å². The molecule has 0 fully saturated rings. The Labute approximate surface area is 223 Å². The van der Waals surface area contributed by atoms with Gasteiger partial charge in [0.15, 0.2) is 17.3 Å². The summed E-state index contributed by atoms with van der Waals surface area (Å²) in [6.45, 7) is 2.21. The maximum absolute atomic E-state index is 11.0. The predicted octanol–water partition coefficient (Wildman–Crippen LogP) is 5.69. The summed E-state index contributed by atoms with van der Waals surface area (Å²) >= 11 is 0. The minimum Gasteiger partial charge on any atom is -0.493 e. The van der Waals surface area contributed by atoms with Gasteiger partial charge in [-0.2, -0.15) is 0 Å². The molecule has 0 saturated heterocycles. The van der Waals surface area contributed by atoms with Gasteiger partial charge < -0.3 is 28.2 Å². The first-order valence-corrected chi connectivity index (χ1v) is 12.0. The lowest BCUT2D eigenvalue weighted by atomic mass is 10.2. The van der Waals surface area contributed by atoms with Gasteiger partial charge in [0, 0.05) is 12.1 Å². The molecule has 0 saturated carbocycles. The lowest BCUT2D eigenvalue weighted by Gasteiger charge is -2.12. The van der Waals surface area contributed by atoms with E-state index in [9.17, 15) is 4.79 Å². The Bertz CT molecular complexity index is 1580. The zero-order valence-corrected chi connectivity index (χ0v) is 21.2. The van der Waals surface area contributed by atoms with Crippen molar-refractivity contribution in [1.29, 1.82) is 0 Å². The van der Waals surface area contributed by atoms with Gasteiger partial charge in [0.25, 0.3) is 5.89 Å². The molecule has 0 aliphatic carbocycles. The fraction of sp³-hybridized carbons (Fsp3) is 0.138. The van der Waals surface area contributed by atoms with E-state index in [2.05, 4.69) is 10.1 Å². The molecule has 1 N–H and O–H groups in total. The average Bonchev–Trinajstić information content (AvgIpc) is 3.70. The van der Waals surface area contributed by atoms with Crippen LogP contribution < -0.4 is 14.2 Å². The molecule has 3 heterocycles. The average molecular weight is 528 g/mol. The van der Waals surface area contributed by atoms with Crippen molar-refractivity contribution in [3.05, 3.63) is 102 Å². The molecule has 198 valence electrons. The first-order chi connectivity index (χ1) is 19.0. The van der Waals surface area contributed by atoms with Gasteiger partial charge in [0.2, 0.25) is 5.88 Å². The third kappa shape index (κ3) is 6.02. The second-order valence-electron chi connectivity index (χ2n) is 8.39. The number of methoxy groups -OCH3 is 1. The maximum Gasteiger partial charge on any atom is 0.328 e. The van der Waals surface area contributed by atoms with Crippen LogP contribution in [-0.2, 0) is 18.0 Å². The summed E-state index contributed by atoms with van der Waals surface area (Å²) in [6, 6.07) is 20.1. The molecule has 10 nitrogen and oxygen atoms in total. The number of furan rings is 1. The van der Waals surface area contributed by atoms with Crippen LogP contribution in [0.4, 0.5) is 0 Å². The number of carbonyl (C=O) groups is 1. The molecule has 0 atom stereocenters. The van der Waals surface area contributed by atoms with Crippen molar-refractivity contribution in [2.24, 2.45) is 0 Å². The molecule has 2 aromatic carbocycles. The van der Waals surface area contributed by atoms with Gasteiger partial charge >= 0.3 is 5.97 Å². The maximum atomic E-state index is 11.0. The van der Waals surface area contributed by atoms with E-state index in [0.717, 1.165) is 17.3 Å². The van der Waals surface area contributed by atoms with E-state index in [0.29, 0.717) is 46.2 Å². The molecule has 0 aliphatic heterocycles. The number of ether oxygens (including phenoxy) is 3. The van der Waals surface area contributed by atoms with Crippen molar-refractivity contribution in [3.8, 4) is 34.7 Å². The largest absolute Gasteiger partial charge is 0.493 e. The summed E-state index contributed by atoms with van der Waals surface area (Å²) in [7, 11) is 1.56. The van der Waals surface area contributed by atoms with E-state index >= 15 is 0 Å². The molecular weight excluding hydrogens is 502 g/mol. The van der Waals surface area contributed by atoms with Crippen LogP contribution in [0.3, 0.4) is 0 Å². The molecule has 10 heteroatoms. The minimum atomic E-state index is -1.05. The van der Waals surface area contributed by atoms with Gasteiger partial charge in [-0.05, 0) is 55.0 Å². The van der Waals surface area contributed by atoms with E-state index in [1.54, 1.807) is 42.3 Å². The highest BCUT2D eigenvalue weighted by Crippen LogP contribution is 2.30. The molecule has 0 unspecified atom stereocenters. The highest BCUT2D eigenvalue weighted by atomic mass is 16.5. The van der Waals surface area contributed by atoms with Crippen LogP contribution in [0.5, 0.6) is 17.4 Å². The number of aryl methyl sites for hydroxylation is 1. The zero-order valence-electron chi connectivity index (χ0n) is 21.2. The van der Waals surface area contributed by atoms with Crippen LogP contribution >= 0.6 is 0 Å². The SMILES string of the molecule is COc1cc(COc2cc(C=CC(=O)O)n(-c3ccccc3)n2)ccc1OCc1nc(-c2ccco2)oc1C. The normalized spacial score (nSPS) is 11.1. The fourth-order valence-electron chi connectivity index (χ4n) is 3.79. The van der Waals surface area contributed by atoms with Crippen molar-refractivity contribution in [2.75, 3.05) is 7.11 Å². The Kier molecular flexibility index (Phi) is 7.44. The number of oxazole rings is 1. The first-order valence-electron chi connectivity index (χ1n) is 12.0. The second kappa shape index (κ2) is 11.4. The van der Waals surface area contributed by atoms with Crippen LogP contribution in [0, 0.1) is 6.92 Å². The smallest absolute Gasteiger partial charge is 0.328 e. The third-order valence-corrected chi connectivity index (χ3v) is 5.72. The minimum absolute atomic E-state index is 0.186. The summed E-state index contributed by atoms with van der Waals surface area (Å²) in [6.07, 6.45) is 4.09. The van der Waals surface area contributed by atoms with E-state index in [1.165, 1.54) is 6.08 Å². The number of para-hydroxylation sites is 1. The fourth-order valence-corrected chi connectivity index (χ4v) is 3.79. The van der Waals surface area contributed by atoms with Crippen LogP contribution in [0.2, 0.25) is 0 Å². The molecule has 0 amide bonds. The van der Waals surface area contributed by atoms with Gasteiger partial charge in [-0.15, -0.1) is 5.10 Å². The number of carboxylic acid groups (broad SMARTS) is 1. The lowest BCUT2D eigenvalue weighted by molar-refractivity contribution is -0.131. The van der Waals surface area contributed by atoms with Gasteiger partial charge in [0.1, 0.15) is 24.7 Å². The molecular formula is C29H25N3O7. The van der Waals surface area contributed by atoms with E-state index in [-0.39, 0.29) is 13.2 Å². The number of aromatic nitrogens is 3. The summed E-state index contributed by atoms with van der Waals surface area (Å²) in [5, 5.41) is 13.5. The Balaban J connectivity index is 1.27. The Morgan fingerprint density at radius 3 is 2.62 bits per heavy atom. The third-order valence-electron chi connectivity index (χ3n) is 5.72. The summed E-state index contributed by atoms with van der Waals surface area (Å²) in [5.74, 6) is 1.94. The van der Waals surface area contributed by atoms with E-state index in [4.69, 9.17) is 28.2 Å². The number of benzene rings is 2. The first kappa shape index (κ1) is 25.4. The Morgan fingerprint density at radius 2 is 1.87 bits per heavy atom. The van der Waals surface area contributed by atoms with Crippen LogP contribution in [0.25, 0.3) is 23.4 Å². The summed E-state index contributed by atoms with van der Waals surface area (Å²) < 4.78 is 30.1. The molecule has 0 spiro atoms. The highest BCUT2D eigenvalue weighted by molar-refractivity contribution is 5.85. The molecule has 39 heavy (non-hydrogen) atoms. The number of rotatable bonds is 11. The van der Waals surface area contributed by atoms with Crippen molar-refractivity contribution >= 4 is 12.0 Å². The van der Waals surface area contributed by atoms with Crippen LogP contribution in [-0.4, -0.2) is 33.0 Å². The molecule has 0 aliphatic rings. The van der Waals surface area contributed by atoms with Crippen molar-refractivity contribution in [3.63, 3.8) is 0 Å². The molecule has 5 rings (SSSR count). The van der Waals surface area contributed by atoms with Crippen molar-refractivity contribution < 1.29 is 32.9 Å². The number of carboxylic acids is 1. The lowest BCUT2D eigenvalue weighted by Crippen LogP contribution is -2.02. The molecule has 5 aromatic rings. The predicted molar refractivity (Wildman–Crippen MR) is 141 cm³/mol. The van der Waals surface area contributed by atoms with Gasteiger partial charge in [-0.25, -0.2) is 14.5 Å². The number of nitrogens with zero attached hydrogens (tertiary/aromatic N) is 3. The number of hydrogen-bond donors (Lipinski definition) is 1. The summed E-state index contributed by atoms with van der Waals surface area (Å²) in [4.78, 5) is 15.5. The highest BCUT2D eigenvalue weighted by Gasteiger charge is 2.16. The number of hydrogen-bond acceptors (Lipinski definition) is 8. The Morgan fingerprint density at radius 1 is 1.03 bits per heavy atom. The zero-order chi connectivity index (χ0) is 27.2. The molecule has 0 bridgehead atoms. The monoisotopic (exact) mass is 527 g/mol. The molecule has 0 radical (unpaired) electrons. The second-order valence-corrected chi connectivity index (χ2v) is 8.39. The van der Waals surface area contributed by atoms with Gasteiger partial charge in [-0.3, -0.25) is 0 Å². The van der Waals surface area contributed by atoms with Gasteiger partial charge in [0.05, 0.1) is 24.8 Å². The van der Waals surface area contributed by atoms with Crippen LogP contribution in [0.15, 0.2) is 87.9 Å². The van der Waals surface area contributed by atoms with E-state index < -0.39 is 5.97 Å². The standard InChI is InChI=1S/C29H25N3O7/c1-19-23(30-29(39-19)25-9-6-14-36-25)18-37-24-12-10-20(15-26(24)35-2)17-38-27-16-22(11-13-28(33)34)32(31-27)21-7-4-3-5-8-21/h3-16H,17-18H2,1-2H3,(H,33,34). The quantitative estimate of drug-likeness (QED) is 0.216. The van der Waals surface area contributed by atoms with E-state index in [1.807, 2.05) is 49.4 Å². The summed E-state index contributed by atoms with van der Waals surface area (Å²) in [5.41, 5.74) is 2.82. The van der Waals surface area contributed by atoms with Crippen molar-refractivity contribution in [2.45, 2.75) is 20.1 Å². The Hall–Kier alpha value is -5.25.